The molecule has 8 nitrogen and oxygen atoms in total. The first-order chi connectivity index (χ1) is 18.3. The lowest BCUT2D eigenvalue weighted by molar-refractivity contribution is -0.0567. The highest BCUT2D eigenvalue weighted by Crippen LogP contribution is 2.28. The maximum atomic E-state index is 13.9. The minimum atomic E-state index is -0.872. The molecule has 1 amide bonds. The van der Waals surface area contributed by atoms with Crippen LogP contribution in [0.2, 0.25) is 0 Å². The highest BCUT2D eigenvalue weighted by molar-refractivity contribution is 7.93. The van der Waals surface area contributed by atoms with Gasteiger partial charge < -0.3 is 19.0 Å². The summed E-state index contributed by atoms with van der Waals surface area (Å²) in [6.07, 6.45) is 1.77. The average Bonchev–Trinajstić information content (AvgIpc) is 2.90. The number of fused-ring (bicyclic) bond motifs is 1. The molecule has 0 aliphatic carbocycles. The third kappa shape index (κ3) is 6.42. The molecule has 198 valence electrons. The van der Waals surface area contributed by atoms with Gasteiger partial charge in [0, 0.05) is 18.4 Å². The molecule has 4 rings (SSSR count). The van der Waals surface area contributed by atoms with Gasteiger partial charge in [-0.25, -0.2) is 9.37 Å². The van der Waals surface area contributed by atoms with Crippen LogP contribution in [0.1, 0.15) is 46.9 Å². The minimum Gasteiger partial charge on any atom is -0.481 e. The zero-order valence-electron chi connectivity index (χ0n) is 21.4. The average molecular weight is 538 g/mol. The Bertz CT molecular complexity index is 1430. The zero-order valence-corrected chi connectivity index (χ0v) is 22.2. The summed E-state index contributed by atoms with van der Waals surface area (Å²) in [5.41, 5.74) is 0.395. The van der Waals surface area contributed by atoms with Crippen molar-refractivity contribution in [2.24, 2.45) is 0 Å². The van der Waals surface area contributed by atoms with Gasteiger partial charge in [-0.05, 0) is 49.1 Å². The Hall–Kier alpha value is -3.65. The summed E-state index contributed by atoms with van der Waals surface area (Å²) in [7, 11) is 0. The molecule has 2 aromatic carbocycles. The van der Waals surface area contributed by atoms with Crippen LogP contribution in [-0.4, -0.2) is 34.9 Å². The van der Waals surface area contributed by atoms with Gasteiger partial charge in [-0.2, -0.15) is 0 Å². The fourth-order valence-corrected chi connectivity index (χ4v) is 4.15. The monoisotopic (exact) mass is 537 g/mol. The van der Waals surface area contributed by atoms with Crippen molar-refractivity contribution in [2.75, 3.05) is 19.5 Å². The summed E-state index contributed by atoms with van der Waals surface area (Å²) in [5, 5.41) is 2.78. The number of ether oxygens (including phenoxy) is 2. The van der Waals surface area contributed by atoms with Gasteiger partial charge in [0.2, 0.25) is 5.75 Å². The second kappa shape index (κ2) is 12.3. The van der Waals surface area contributed by atoms with Gasteiger partial charge >= 0.3 is 0 Å². The van der Waals surface area contributed by atoms with Crippen molar-refractivity contribution in [3.63, 3.8) is 0 Å². The molecule has 0 saturated carbocycles. The first-order valence-corrected chi connectivity index (χ1v) is 13.1. The van der Waals surface area contributed by atoms with Crippen LogP contribution in [0.4, 0.5) is 4.39 Å². The lowest BCUT2D eigenvalue weighted by Gasteiger charge is -2.32. The standard InChI is InChI=1S/C28H28FN3O5S/c1-28(2)27-31-23(24(26(34)32(27)13-15-36-28)35-18-19-8-5-4-6-9-19)25(33)30-17-21-11-12-22(29)16-20(21)10-7-14-37-38-3/h4-6,8-9,11-12,16H,13-15,17-18H2,1-3H3,(H,30,33). The predicted molar refractivity (Wildman–Crippen MR) is 142 cm³/mol. The summed E-state index contributed by atoms with van der Waals surface area (Å²) < 4.78 is 32.2. The third-order valence-corrected chi connectivity index (χ3v) is 6.22. The van der Waals surface area contributed by atoms with Gasteiger partial charge in [0.1, 0.15) is 30.5 Å². The molecule has 2 heterocycles. The number of nitrogens with one attached hydrogen (secondary N) is 1. The quantitative estimate of drug-likeness (QED) is 0.266. The van der Waals surface area contributed by atoms with E-state index in [2.05, 4.69) is 22.1 Å². The number of aromatic nitrogens is 2. The summed E-state index contributed by atoms with van der Waals surface area (Å²) in [4.78, 5) is 31.4. The van der Waals surface area contributed by atoms with Gasteiger partial charge in [-0.1, -0.05) is 48.2 Å². The molecule has 1 aromatic heterocycles. The Labute approximate surface area is 224 Å². The number of carbonyl (C=O) groups excluding carboxylic acids is 1. The van der Waals surface area contributed by atoms with Crippen molar-refractivity contribution in [1.29, 1.82) is 0 Å². The van der Waals surface area contributed by atoms with Gasteiger partial charge in [0.25, 0.3) is 11.5 Å². The molecule has 0 bridgehead atoms. The molecule has 0 spiro atoms. The van der Waals surface area contributed by atoms with Gasteiger partial charge in [-0.3, -0.25) is 14.2 Å². The highest BCUT2D eigenvalue weighted by Gasteiger charge is 2.35. The number of nitrogens with zero attached hydrogens (tertiary/aromatic N) is 2. The van der Waals surface area contributed by atoms with E-state index in [-0.39, 0.29) is 31.2 Å². The van der Waals surface area contributed by atoms with E-state index < -0.39 is 22.9 Å². The molecule has 0 radical (unpaired) electrons. The molecule has 1 N–H and O–H groups in total. The molecule has 38 heavy (non-hydrogen) atoms. The number of rotatable bonds is 8. The van der Waals surface area contributed by atoms with Crippen LogP contribution < -0.4 is 15.6 Å². The molecule has 0 unspecified atom stereocenters. The molecule has 0 atom stereocenters. The molecule has 0 fully saturated rings. The second-order valence-electron chi connectivity index (χ2n) is 8.92. The maximum Gasteiger partial charge on any atom is 0.296 e. The van der Waals surface area contributed by atoms with Crippen LogP contribution in [0.25, 0.3) is 0 Å². The SMILES string of the molecule is CSOCC#Cc1cc(F)ccc1CNC(=O)c1nc2n(c(=O)c1OCc1ccccc1)CCOC2(C)C. The van der Waals surface area contributed by atoms with E-state index in [1.165, 1.54) is 28.7 Å². The lowest BCUT2D eigenvalue weighted by Crippen LogP contribution is -2.43. The summed E-state index contributed by atoms with van der Waals surface area (Å²) >= 11 is 1.18. The summed E-state index contributed by atoms with van der Waals surface area (Å²) in [5.74, 6) is 4.84. The zero-order chi connectivity index (χ0) is 27.1. The highest BCUT2D eigenvalue weighted by atomic mass is 32.2. The molecule has 3 aromatic rings. The Balaban J connectivity index is 1.64. The van der Waals surface area contributed by atoms with Crippen LogP contribution in [0.15, 0.2) is 53.3 Å². The summed E-state index contributed by atoms with van der Waals surface area (Å²) in [6.45, 7) is 4.51. The van der Waals surface area contributed by atoms with Crippen molar-refractivity contribution in [3.05, 3.63) is 92.9 Å². The number of hydrogen-bond donors (Lipinski definition) is 1. The first kappa shape index (κ1) is 27.4. The van der Waals surface area contributed by atoms with Crippen LogP contribution in [0.5, 0.6) is 5.75 Å². The molecule has 1 aliphatic rings. The smallest absolute Gasteiger partial charge is 0.296 e. The largest absolute Gasteiger partial charge is 0.481 e. The van der Waals surface area contributed by atoms with Crippen molar-refractivity contribution in [2.45, 2.75) is 39.1 Å². The fourth-order valence-electron chi connectivity index (χ4n) is 3.97. The van der Waals surface area contributed by atoms with Crippen LogP contribution in [-0.2, 0) is 34.2 Å². The van der Waals surface area contributed by atoms with E-state index in [0.717, 1.165) is 5.56 Å². The maximum absolute atomic E-state index is 13.9. The van der Waals surface area contributed by atoms with E-state index in [9.17, 15) is 14.0 Å². The van der Waals surface area contributed by atoms with Crippen molar-refractivity contribution in [1.82, 2.24) is 14.9 Å². The Morgan fingerprint density at radius 2 is 2.05 bits per heavy atom. The Kier molecular flexibility index (Phi) is 8.84. The topological polar surface area (TPSA) is 91.7 Å². The molecular formula is C28H28FN3O5S. The van der Waals surface area contributed by atoms with Gasteiger partial charge in [-0.15, -0.1) is 0 Å². The van der Waals surface area contributed by atoms with Gasteiger partial charge in [0.05, 0.1) is 13.2 Å². The fraction of sp³-hybridized carbons (Fsp3) is 0.321. The van der Waals surface area contributed by atoms with Crippen LogP contribution in [0, 0.1) is 17.7 Å². The van der Waals surface area contributed by atoms with Crippen LogP contribution in [0.3, 0.4) is 0 Å². The minimum absolute atomic E-state index is 0.0324. The molecule has 1 aliphatic heterocycles. The number of halogens is 1. The number of benzene rings is 2. The summed E-state index contributed by atoms with van der Waals surface area (Å²) in [6, 6.07) is 13.5. The van der Waals surface area contributed by atoms with E-state index >= 15 is 0 Å². The first-order valence-electron chi connectivity index (χ1n) is 12.0. The van der Waals surface area contributed by atoms with Crippen molar-refractivity contribution < 1.29 is 22.8 Å². The Morgan fingerprint density at radius 3 is 2.82 bits per heavy atom. The molecule has 10 heteroatoms. The van der Waals surface area contributed by atoms with E-state index in [0.29, 0.717) is 30.1 Å². The number of amides is 1. The van der Waals surface area contributed by atoms with E-state index in [4.69, 9.17) is 13.7 Å². The van der Waals surface area contributed by atoms with Crippen molar-refractivity contribution >= 4 is 17.9 Å². The Morgan fingerprint density at radius 1 is 1.26 bits per heavy atom. The number of carbonyl (C=O) groups is 1. The van der Waals surface area contributed by atoms with Crippen molar-refractivity contribution in [3.8, 4) is 17.6 Å². The van der Waals surface area contributed by atoms with Gasteiger partial charge in [0.15, 0.2) is 5.69 Å². The third-order valence-electron chi connectivity index (χ3n) is 5.87. The lowest BCUT2D eigenvalue weighted by atomic mass is 10.1. The molecule has 0 saturated heterocycles. The van der Waals surface area contributed by atoms with E-state index in [1.54, 1.807) is 26.2 Å². The predicted octanol–water partition coefficient (Wildman–Crippen LogP) is 3.80. The van der Waals surface area contributed by atoms with E-state index in [1.807, 2.05) is 30.3 Å². The molecular weight excluding hydrogens is 509 g/mol. The number of hydrogen-bond acceptors (Lipinski definition) is 7. The van der Waals surface area contributed by atoms with Crippen LogP contribution >= 0.6 is 12.0 Å². The normalized spacial score (nSPS) is 13.7. The second-order valence-corrected chi connectivity index (χ2v) is 9.49.